The van der Waals surface area contributed by atoms with Gasteiger partial charge < -0.3 is 4.74 Å². The number of nitrogens with one attached hydrogen (secondary N) is 2. The summed E-state index contributed by atoms with van der Waals surface area (Å²) in [6.07, 6.45) is -1.06. The highest BCUT2D eigenvalue weighted by Crippen LogP contribution is 2.09. The number of carbonyl (C=O) groups is 1. The van der Waals surface area contributed by atoms with Crippen molar-refractivity contribution in [3.8, 4) is 6.07 Å². The van der Waals surface area contributed by atoms with E-state index in [9.17, 15) is 13.2 Å². The van der Waals surface area contributed by atoms with Crippen LogP contribution >= 0.6 is 0 Å². The Kier molecular flexibility index (Phi) is 4.51. The number of anilines is 1. The fraction of sp³-hybridized carbons (Fsp3) is 0.200. The van der Waals surface area contributed by atoms with Gasteiger partial charge in [0.1, 0.15) is 0 Å². The van der Waals surface area contributed by atoms with Gasteiger partial charge in [-0.3, -0.25) is 4.72 Å². The fourth-order valence-electron chi connectivity index (χ4n) is 1.06. The molecule has 0 aromatic heterocycles. The molecular formula is C10H11N3O4S. The van der Waals surface area contributed by atoms with Crippen molar-refractivity contribution >= 4 is 22.0 Å². The van der Waals surface area contributed by atoms with Gasteiger partial charge in [-0.05, 0) is 31.2 Å². The molecule has 0 unspecified atom stereocenters. The lowest BCUT2D eigenvalue weighted by atomic mass is 10.2. The molecule has 1 aromatic carbocycles. The third kappa shape index (κ3) is 4.31. The van der Waals surface area contributed by atoms with E-state index in [1.807, 2.05) is 6.07 Å². The summed E-state index contributed by atoms with van der Waals surface area (Å²) in [5.41, 5.74) is 0.627. The second kappa shape index (κ2) is 5.88. The van der Waals surface area contributed by atoms with E-state index < -0.39 is 16.3 Å². The maximum absolute atomic E-state index is 11.5. The first-order chi connectivity index (χ1) is 8.46. The smallest absolute Gasteiger partial charge is 0.422 e. The second-order valence-electron chi connectivity index (χ2n) is 3.12. The summed E-state index contributed by atoms with van der Waals surface area (Å²) in [6, 6.07) is 7.60. The van der Waals surface area contributed by atoms with Crippen LogP contribution in [0.25, 0.3) is 0 Å². The highest BCUT2D eigenvalue weighted by molar-refractivity contribution is 7.91. The van der Waals surface area contributed by atoms with Crippen LogP contribution in [0.15, 0.2) is 24.3 Å². The molecule has 0 spiro atoms. The second-order valence-corrected chi connectivity index (χ2v) is 4.53. The summed E-state index contributed by atoms with van der Waals surface area (Å²) < 4.78 is 31.1. The molecule has 0 aliphatic carbocycles. The third-order valence-electron chi connectivity index (χ3n) is 1.76. The number of benzene rings is 1. The maximum atomic E-state index is 11.5. The van der Waals surface area contributed by atoms with Gasteiger partial charge in [0.2, 0.25) is 0 Å². The molecule has 0 atom stereocenters. The van der Waals surface area contributed by atoms with E-state index in [1.165, 1.54) is 24.3 Å². The van der Waals surface area contributed by atoms with E-state index in [-0.39, 0.29) is 12.3 Å². The molecular weight excluding hydrogens is 258 g/mol. The lowest BCUT2D eigenvalue weighted by molar-refractivity contribution is 0.159. The summed E-state index contributed by atoms with van der Waals surface area (Å²) in [7, 11) is -4.03. The quantitative estimate of drug-likeness (QED) is 0.846. The lowest BCUT2D eigenvalue weighted by Gasteiger charge is -2.08. The first kappa shape index (κ1) is 13.8. The molecule has 1 aromatic rings. The van der Waals surface area contributed by atoms with E-state index in [4.69, 9.17) is 5.26 Å². The van der Waals surface area contributed by atoms with Crippen molar-refractivity contribution in [2.75, 3.05) is 11.3 Å². The molecule has 0 fully saturated rings. The highest BCUT2D eigenvalue weighted by atomic mass is 32.2. The average molecular weight is 269 g/mol. The van der Waals surface area contributed by atoms with Crippen molar-refractivity contribution in [1.29, 1.82) is 5.26 Å². The van der Waals surface area contributed by atoms with Crippen LogP contribution in [0.2, 0.25) is 0 Å². The van der Waals surface area contributed by atoms with Gasteiger partial charge in [0.25, 0.3) is 0 Å². The Morgan fingerprint density at radius 3 is 2.50 bits per heavy atom. The van der Waals surface area contributed by atoms with Gasteiger partial charge in [-0.15, -0.1) is 0 Å². The van der Waals surface area contributed by atoms with Gasteiger partial charge in [-0.1, -0.05) is 0 Å². The maximum Gasteiger partial charge on any atom is 0.422 e. The monoisotopic (exact) mass is 269 g/mol. The van der Waals surface area contributed by atoms with E-state index in [1.54, 1.807) is 11.6 Å². The van der Waals surface area contributed by atoms with Crippen LogP contribution < -0.4 is 9.44 Å². The molecule has 18 heavy (non-hydrogen) atoms. The Bertz CT molecular complexity index is 560. The number of hydrogen-bond donors (Lipinski definition) is 2. The summed E-state index contributed by atoms with van der Waals surface area (Å²) in [6.45, 7) is 1.62. The third-order valence-corrected chi connectivity index (χ3v) is 2.70. The molecule has 0 saturated carbocycles. The molecule has 0 bridgehead atoms. The van der Waals surface area contributed by atoms with Gasteiger partial charge in [-0.25, -0.2) is 9.52 Å². The van der Waals surface area contributed by atoms with E-state index in [0.29, 0.717) is 5.56 Å². The topological polar surface area (TPSA) is 108 Å². The molecule has 96 valence electrons. The molecule has 7 nitrogen and oxygen atoms in total. The molecule has 0 radical (unpaired) electrons. The molecule has 0 aliphatic heterocycles. The minimum Gasteiger partial charge on any atom is -0.449 e. The van der Waals surface area contributed by atoms with Gasteiger partial charge in [0, 0.05) is 0 Å². The number of nitrogens with zero attached hydrogens (tertiary/aromatic N) is 1. The average Bonchev–Trinajstić information content (AvgIpc) is 2.29. The van der Waals surface area contributed by atoms with Gasteiger partial charge in [0.15, 0.2) is 0 Å². The highest BCUT2D eigenvalue weighted by Gasteiger charge is 2.14. The molecule has 0 saturated heterocycles. The summed E-state index contributed by atoms with van der Waals surface area (Å²) in [5, 5.41) is 8.58. The lowest BCUT2D eigenvalue weighted by Crippen LogP contribution is -2.35. The summed E-state index contributed by atoms with van der Waals surface area (Å²) in [5.74, 6) is 0. The normalized spacial score (nSPS) is 10.2. The van der Waals surface area contributed by atoms with Crippen molar-refractivity contribution in [3.63, 3.8) is 0 Å². The largest absolute Gasteiger partial charge is 0.449 e. The minimum absolute atomic E-state index is 0.0677. The molecule has 2 N–H and O–H groups in total. The van der Waals surface area contributed by atoms with E-state index in [0.717, 1.165) is 0 Å². The van der Waals surface area contributed by atoms with E-state index >= 15 is 0 Å². The van der Waals surface area contributed by atoms with Gasteiger partial charge in [0.05, 0.1) is 23.9 Å². The Balaban J connectivity index is 2.70. The van der Waals surface area contributed by atoms with Gasteiger partial charge in [-0.2, -0.15) is 13.7 Å². The molecule has 1 rings (SSSR count). The molecule has 8 heteroatoms. The van der Waals surface area contributed by atoms with Crippen molar-refractivity contribution in [2.24, 2.45) is 0 Å². The Hall–Kier alpha value is -2.27. The Labute approximate surface area is 105 Å². The predicted octanol–water partition coefficient (Wildman–Crippen LogP) is 0.961. The number of rotatable bonds is 4. The van der Waals surface area contributed by atoms with Crippen LogP contribution in [0.4, 0.5) is 10.5 Å². The number of nitriles is 1. The van der Waals surface area contributed by atoms with Crippen molar-refractivity contribution in [1.82, 2.24) is 4.72 Å². The van der Waals surface area contributed by atoms with Gasteiger partial charge >= 0.3 is 16.3 Å². The number of ether oxygens (including phenoxy) is 1. The predicted molar refractivity (Wildman–Crippen MR) is 63.9 cm³/mol. The Morgan fingerprint density at radius 1 is 1.39 bits per heavy atom. The van der Waals surface area contributed by atoms with Crippen LogP contribution in [-0.2, 0) is 14.9 Å². The first-order valence-corrected chi connectivity index (χ1v) is 6.42. The standard InChI is InChI=1S/C10H11N3O4S/c1-2-17-10(14)13-18(15,16)12-9-5-3-8(7-11)4-6-9/h3-6,12H,2H2,1H3,(H,13,14). The first-order valence-electron chi connectivity index (χ1n) is 4.94. The number of amides is 1. The fourth-order valence-corrected chi connectivity index (χ4v) is 1.84. The SMILES string of the molecule is CCOC(=O)NS(=O)(=O)Nc1ccc(C#N)cc1. The van der Waals surface area contributed by atoms with Crippen molar-refractivity contribution in [2.45, 2.75) is 6.92 Å². The van der Waals surface area contributed by atoms with Crippen LogP contribution in [0, 0.1) is 11.3 Å². The van der Waals surface area contributed by atoms with Crippen molar-refractivity contribution < 1.29 is 17.9 Å². The van der Waals surface area contributed by atoms with Crippen LogP contribution in [0.3, 0.4) is 0 Å². The summed E-state index contributed by atoms with van der Waals surface area (Å²) >= 11 is 0. The van der Waals surface area contributed by atoms with Crippen LogP contribution in [0.1, 0.15) is 12.5 Å². The molecule has 0 aliphatic rings. The zero-order chi connectivity index (χ0) is 13.6. The number of carbonyl (C=O) groups excluding carboxylic acids is 1. The van der Waals surface area contributed by atoms with Crippen LogP contribution in [-0.4, -0.2) is 21.1 Å². The summed E-state index contributed by atoms with van der Waals surface area (Å²) in [4.78, 5) is 11.0. The molecule has 0 heterocycles. The van der Waals surface area contributed by atoms with Crippen molar-refractivity contribution in [3.05, 3.63) is 29.8 Å². The Morgan fingerprint density at radius 2 is 2.00 bits per heavy atom. The minimum atomic E-state index is -4.03. The number of hydrogen-bond acceptors (Lipinski definition) is 5. The van der Waals surface area contributed by atoms with E-state index in [2.05, 4.69) is 9.46 Å². The zero-order valence-corrected chi connectivity index (χ0v) is 10.3. The molecule has 1 amide bonds. The zero-order valence-electron chi connectivity index (χ0n) is 9.50. The van der Waals surface area contributed by atoms with Crippen LogP contribution in [0.5, 0.6) is 0 Å².